The first-order valence-electron chi connectivity index (χ1n) is 11.8. The molecule has 8 nitrogen and oxygen atoms in total. The number of fused-ring (bicyclic) bond motifs is 1. The summed E-state index contributed by atoms with van der Waals surface area (Å²) in [7, 11) is 0. The number of benzene rings is 1. The van der Waals surface area contributed by atoms with Crippen LogP contribution in [-0.4, -0.2) is 76.4 Å². The molecule has 1 aromatic heterocycles. The number of aromatic nitrogens is 2. The molecule has 2 aliphatic rings. The normalized spacial score (nSPS) is 17.1. The molecule has 194 valence electrons. The molecule has 0 radical (unpaired) electrons. The quantitative estimate of drug-likeness (QED) is 0.428. The number of alkyl halides is 2. The van der Waals surface area contributed by atoms with Crippen LogP contribution in [-0.2, 0) is 21.9 Å². The molecule has 2 aromatic rings. The number of amides is 2. The molecule has 11 heteroatoms. The Balaban J connectivity index is 1.34. The van der Waals surface area contributed by atoms with Crippen molar-refractivity contribution >= 4 is 23.8 Å². The average Bonchev–Trinajstić information content (AvgIpc) is 3.15. The fraction of sp³-hybridized carbons (Fsp3) is 0.520. The summed E-state index contributed by atoms with van der Waals surface area (Å²) in [5, 5.41) is 0.308. The molecule has 36 heavy (non-hydrogen) atoms. The fourth-order valence-corrected chi connectivity index (χ4v) is 4.51. The van der Waals surface area contributed by atoms with Crippen molar-refractivity contribution in [1.82, 2.24) is 19.8 Å². The van der Waals surface area contributed by atoms with E-state index in [1.807, 2.05) is 20.8 Å². The van der Waals surface area contributed by atoms with Crippen LogP contribution in [0.15, 0.2) is 29.4 Å². The molecule has 1 aliphatic heterocycles. The van der Waals surface area contributed by atoms with E-state index in [0.717, 1.165) is 0 Å². The maximum absolute atomic E-state index is 14.3. The molecule has 1 aliphatic carbocycles. The van der Waals surface area contributed by atoms with E-state index < -0.39 is 11.5 Å². The summed E-state index contributed by atoms with van der Waals surface area (Å²) in [6.45, 7) is 6.91. The zero-order valence-electron chi connectivity index (χ0n) is 20.8. The highest BCUT2D eigenvalue weighted by atomic mass is 32.2. The van der Waals surface area contributed by atoms with Gasteiger partial charge in [0.15, 0.2) is 11.8 Å². The second kappa shape index (κ2) is 10.2. The minimum Gasteiger partial charge on any atom is -0.484 e. The molecule has 0 bridgehead atoms. The van der Waals surface area contributed by atoms with Crippen molar-refractivity contribution in [3.05, 3.63) is 35.5 Å². The average molecular weight is 521 g/mol. The molecule has 0 saturated carbocycles. The van der Waals surface area contributed by atoms with Crippen LogP contribution >= 0.6 is 11.8 Å². The van der Waals surface area contributed by atoms with Crippen molar-refractivity contribution in [3.8, 4) is 17.0 Å². The van der Waals surface area contributed by atoms with Gasteiger partial charge in [-0.3, -0.25) is 4.79 Å². The lowest BCUT2D eigenvalue weighted by atomic mass is 10.1. The van der Waals surface area contributed by atoms with Crippen molar-refractivity contribution in [1.29, 1.82) is 0 Å². The molecular formula is C25H30F2N4O4S. The monoisotopic (exact) mass is 520 g/mol. The molecule has 2 heterocycles. The van der Waals surface area contributed by atoms with Crippen LogP contribution in [0.5, 0.6) is 5.75 Å². The Kier molecular flexibility index (Phi) is 7.40. The highest BCUT2D eigenvalue weighted by Crippen LogP contribution is 2.44. The van der Waals surface area contributed by atoms with Gasteiger partial charge in [-0.2, -0.15) is 8.78 Å². The van der Waals surface area contributed by atoms with Gasteiger partial charge in [-0.25, -0.2) is 14.8 Å². The molecule has 1 saturated heterocycles. The van der Waals surface area contributed by atoms with Crippen molar-refractivity contribution in [2.24, 2.45) is 0 Å². The zero-order valence-corrected chi connectivity index (χ0v) is 21.7. The van der Waals surface area contributed by atoms with Gasteiger partial charge in [-0.15, -0.1) is 0 Å². The third-order valence-corrected chi connectivity index (χ3v) is 6.53. The van der Waals surface area contributed by atoms with Crippen LogP contribution in [0.3, 0.4) is 0 Å². The number of nitrogens with zero attached hydrogens (tertiary/aromatic N) is 4. The first kappa shape index (κ1) is 26.1. The first-order chi connectivity index (χ1) is 17.0. The Morgan fingerprint density at radius 2 is 1.69 bits per heavy atom. The maximum Gasteiger partial charge on any atom is 0.410 e. The number of ether oxygens (including phenoxy) is 2. The minimum atomic E-state index is -2.95. The van der Waals surface area contributed by atoms with Gasteiger partial charge >= 0.3 is 6.09 Å². The molecule has 2 amide bonds. The highest BCUT2D eigenvalue weighted by molar-refractivity contribution is 7.98. The van der Waals surface area contributed by atoms with E-state index >= 15 is 0 Å². The summed E-state index contributed by atoms with van der Waals surface area (Å²) in [5.74, 6) is -2.64. The molecule has 4 rings (SSSR count). The van der Waals surface area contributed by atoms with E-state index in [-0.39, 0.29) is 37.1 Å². The van der Waals surface area contributed by atoms with E-state index in [0.29, 0.717) is 53.9 Å². The lowest BCUT2D eigenvalue weighted by Gasteiger charge is -2.35. The van der Waals surface area contributed by atoms with Crippen molar-refractivity contribution in [3.63, 3.8) is 0 Å². The van der Waals surface area contributed by atoms with Gasteiger partial charge in [0.05, 0.1) is 5.69 Å². The maximum atomic E-state index is 14.3. The van der Waals surface area contributed by atoms with Crippen LogP contribution < -0.4 is 4.74 Å². The third-order valence-electron chi connectivity index (χ3n) is 5.98. The standard InChI is InChI=1S/C25H30F2N4O4S/c1-24(2,3)35-23(33)31-13-11-30(12-14-31)19(32)15-34-17-7-5-16(6-8-17)20-18-9-10-25(26,27)21(18)29-22(28-20)36-4/h5-8H,9-15H2,1-4H3. The fourth-order valence-electron chi connectivity index (χ4n) is 4.14. The van der Waals surface area contributed by atoms with E-state index in [4.69, 9.17) is 9.47 Å². The molecule has 0 atom stereocenters. The Bertz CT molecular complexity index is 1130. The van der Waals surface area contributed by atoms with Gasteiger partial charge in [0, 0.05) is 43.7 Å². The summed E-state index contributed by atoms with van der Waals surface area (Å²) >= 11 is 1.23. The van der Waals surface area contributed by atoms with Gasteiger partial charge in [0.25, 0.3) is 11.8 Å². The predicted octanol–water partition coefficient (Wildman–Crippen LogP) is 4.36. The van der Waals surface area contributed by atoms with Gasteiger partial charge in [0.1, 0.15) is 17.0 Å². The minimum absolute atomic E-state index is 0.141. The number of halogens is 2. The van der Waals surface area contributed by atoms with Crippen LogP contribution in [0, 0.1) is 0 Å². The Morgan fingerprint density at radius 3 is 2.31 bits per heavy atom. The molecule has 0 unspecified atom stereocenters. The number of hydrogen-bond acceptors (Lipinski definition) is 7. The second-order valence-electron chi connectivity index (χ2n) is 9.75. The lowest BCUT2D eigenvalue weighted by molar-refractivity contribution is -0.135. The number of piperazine rings is 1. The summed E-state index contributed by atoms with van der Waals surface area (Å²) in [4.78, 5) is 36.6. The van der Waals surface area contributed by atoms with Gasteiger partial charge in [0.2, 0.25) is 0 Å². The summed E-state index contributed by atoms with van der Waals surface area (Å²) < 4.78 is 39.6. The third kappa shape index (κ3) is 5.88. The Morgan fingerprint density at radius 1 is 1.06 bits per heavy atom. The van der Waals surface area contributed by atoms with E-state index in [1.54, 1.807) is 40.3 Å². The van der Waals surface area contributed by atoms with E-state index in [1.165, 1.54) is 11.8 Å². The van der Waals surface area contributed by atoms with Crippen molar-refractivity contribution < 1.29 is 27.8 Å². The molecule has 1 fully saturated rings. The molecule has 0 spiro atoms. The Hall–Kier alpha value is -2.95. The smallest absolute Gasteiger partial charge is 0.410 e. The second-order valence-corrected chi connectivity index (χ2v) is 10.5. The van der Waals surface area contributed by atoms with Crippen LogP contribution in [0.1, 0.15) is 38.4 Å². The topological polar surface area (TPSA) is 84.9 Å². The van der Waals surface area contributed by atoms with Gasteiger partial charge < -0.3 is 19.3 Å². The summed E-state index contributed by atoms with van der Waals surface area (Å²) in [6, 6.07) is 6.90. The zero-order chi connectivity index (χ0) is 26.1. The van der Waals surface area contributed by atoms with Crippen molar-refractivity contribution in [2.75, 3.05) is 39.0 Å². The largest absolute Gasteiger partial charge is 0.484 e. The Labute approximate surface area is 213 Å². The predicted molar refractivity (Wildman–Crippen MR) is 131 cm³/mol. The summed E-state index contributed by atoms with van der Waals surface area (Å²) in [6.07, 6.45) is 1.33. The van der Waals surface area contributed by atoms with Gasteiger partial charge in [-0.1, -0.05) is 11.8 Å². The van der Waals surface area contributed by atoms with Gasteiger partial charge in [-0.05, 0) is 57.7 Å². The van der Waals surface area contributed by atoms with Crippen LogP contribution in [0.4, 0.5) is 13.6 Å². The lowest BCUT2D eigenvalue weighted by Crippen LogP contribution is -2.52. The number of rotatable bonds is 5. The molecule has 1 aromatic carbocycles. The number of thioether (sulfide) groups is 1. The number of hydrogen-bond donors (Lipinski definition) is 0. The van der Waals surface area contributed by atoms with Crippen LogP contribution in [0.2, 0.25) is 0 Å². The molecule has 0 N–H and O–H groups in total. The number of carbonyl (C=O) groups is 2. The summed E-state index contributed by atoms with van der Waals surface area (Å²) in [5.41, 5.74) is 0.927. The molecular weight excluding hydrogens is 490 g/mol. The van der Waals surface area contributed by atoms with E-state index in [2.05, 4.69) is 9.97 Å². The van der Waals surface area contributed by atoms with Crippen LogP contribution in [0.25, 0.3) is 11.3 Å². The first-order valence-corrected chi connectivity index (χ1v) is 13.0. The highest BCUT2D eigenvalue weighted by Gasteiger charge is 2.43. The van der Waals surface area contributed by atoms with Crippen molar-refractivity contribution in [2.45, 2.75) is 50.3 Å². The van der Waals surface area contributed by atoms with E-state index in [9.17, 15) is 18.4 Å². The number of carbonyl (C=O) groups excluding carboxylic acids is 2. The SMILES string of the molecule is CSc1nc(-c2ccc(OCC(=O)N3CCN(C(=O)OC(C)(C)C)CC3)cc2)c2c(n1)C(F)(F)CC2.